The van der Waals surface area contributed by atoms with Gasteiger partial charge >= 0.3 is 0 Å². The van der Waals surface area contributed by atoms with E-state index < -0.39 is 5.92 Å². The first-order valence-electron chi connectivity index (χ1n) is 7.65. The third-order valence-corrected chi connectivity index (χ3v) is 4.39. The van der Waals surface area contributed by atoms with Crippen LogP contribution < -0.4 is 4.90 Å². The zero-order chi connectivity index (χ0) is 15.7. The van der Waals surface area contributed by atoms with Crippen LogP contribution >= 0.6 is 0 Å². The van der Waals surface area contributed by atoms with Gasteiger partial charge in [-0.1, -0.05) is 0 Å². The Morgan fingerprint density at radius 1 is 1.23 bits per heavy atom. The highest BCUT2D eigenvalue weighted by molar-refractivity contribution is 5.80. The molecule has 2 aliphatic heterocycles. The van der Waals surface area contributed by atoms with E-state index >= 15 is 0 Å². The number of carbonyl (C=O) groups is 1. The number of likely N-dealkylation sites (tertiary alicyclic amines) is 1. The number of hydrogen-bond acceptors (Lipinski definition) is 4. The zero-order valence-electron chi connectivity index (χ0n) is 12.6. The maximum absolute atomic E-state index is 13.2. The van der Waals surface area contributed by atoms with Crippen LogP contribution in [-0.4, -0.2) is 52.9 Å². The molecule has 3 heterocycles. The molecule has 7 heteroatoms. The number of halogens is 2. The Morgan fingerprint density at radius 2 is 1.86 bits per heavy atom. The number of alkyl halides is 2. The second-order valence-corrected chi connectivity index (χ2v) is 6.17. The largest absolute Gasteiger partial charge is 0.342 e. The lowest BCUT2D eigenvalue weighted by Gasteiger charge is -2.33. The summed E-state index contributed by atoms with van der Waals surface area (Å²) in [5, 5.41) is 0. The van der Waals surface area contributed by atoms with Crippen molar-refractivity contribution in [3.05, 3.63) is 18.0 Å². The molecule has 0 radical (unpaired) electrons. The molecule has 5 nitrogen and oxygen atoms in total. The summed E-state index contributed by atoms with van der Waals surface area (Å²) in [5.41, 5.74) is 0.991. The summed E-state index contributed by atoms with van der Waals surface area (Å²) in [5.74, 6) is -2.14. The molecule has 22 heavy (non-hydrogen) atoms. The number of nitrogens with zero attached hydrogens (tertiary/aromatic N) is 4. The molecule has 1 unspecified atom stereocenters. The number of hydrogen-bond donors (Lipinski definition) is 0. The summed E-state index contributed by atoms with van der Waals surface area (Å²) in [7, 11) is 0. The highest BCUT2D eigenvalue weighted by Crippen LogP contribution is 2.30. The Bertz CT molecular complexity index is 539. The highest BCUT2D eigenvalue weighted by Gasteiger charge is 2.39. The highest BCUT2D eigenvalue weighted by atomic mass is 19.3. The van der Waals surface area contributed by atoms with Crippen molar-refractivity contribution in [1.29, 1.82) is 0 Å². The average Bonchev–Trinajstić information content (AvgIpc) is 2.97. The Morgan fingerprint density at radius 3 is 2.50 bits per heavy atom. The molecule has 2 fully saturated rings. The van der Waals surface area contributed by atoms with Crippen LogP contribution in [0.25, 0.3) is 0 Å². The number of amides is 1. The summed E-state index contributed by atoms with van der Waals surface area (Å²) in [6.07, 6.45) is 3.78. The minimum atomic E-state index is -2.62. The van der Waals surface area contributed by atoms with E-state index in [1.165, 1.54) is 0 Å². The van der Waals surface area contributed by atoms with E-state index in [4.69, 9.17) is 0 Å². The average molecular weight is 310 g/mol. The number of aromatic nitrogens is 2. The molecular weight excluding hydrogens is 290 g/mol. The van der Waals surface area contributed by atoms with Crippen LogP contribution in [0.3, 0.4) is 0 Å². The molecule has 0 aliphatic carbocycles. The lowest BCUT2D eigenvalue weighted by molar-refractivity contribution is -0.140. The van der Waals surface area contributed by atoms with E-state index in [1.807, 2.05) is 11.8 Å². The van der Waals surface area contributed by atoms with Crippen LogP contribution in [0.1, 0.15) is 24.8 Å². The SMILES string of the molecule is Cc1cnc(N2CCC(C(=O)N3CCC(F)(F)CC3)C2)nc1. The fourth-order valence-electron chi connectivity index (χ4n) is 3.01. The van der Waals surface area contributed by atoms with Crippen molar-refractivity contribution in [2.24, 2.45) is 5.92 Å². The number of piperidine rings is 1. The second kappa shape index (κ2) is 5.78. The van der Waals surface area contributed by atoms with Gasteiger partial charge < -0.3 is 9.80 Å². The molecule has 2 saturated heterocycles. The molecule has 0 saturated carbocycles. The van der Waals surface area contributed by atoms with Crippen molar-refractivity contribution in [3.8, 4) is 0 Å². The lowest BCUT2D eigenvalue weighted by atomic mass is 10.0. The number of aryl methyl sites for hydroxylation is 1. The van der Waals surface area contributed by atoms with Crippen molar-refractivity contribution in [3.63, 3.8) is 0 Å². The van der Waals surface area contributed by atoms with Gasteiger partial charge in [0.05, 0.1) is 5.92 Å². The monoisotopic (exact) mass is 310 g/mol. The van der Waals surface area contributed by atoms with Crippen molar-refractivity contribution in [2.75, 3.05) is 31.1 Å². The van der Waals surface area contributed by atoms with Crippen molar-refractivity contribution in [2.45, 2.75) is 32.1 Å². The molecule has 0 bridgehead atoms. The first-order chi connectivity index (χ1) is 10.4. The van der Waals surface area contributed by atoms with Crippen LogP contribution in [0.5, 0.6) is 0 Å². The van der Waals surface area contributed by atoms with E-state index in [0.29, 0.717) is 12.5 Å². The van der Waals surface area contributed by atoms with Gasteiger partial charge in [0.15, 0.2) is 0 Å². The Labute approximate surface area is 128 Å². The molecule has 3 rings (SSSR count). The van der Waals surface area contributed by atoms with Crippen LogP contribution in [0.15, 0.2) is 12.4 Å². The Hall–Kier alpha value is -1.79. The third kappa shape index (κ3) is 3.18. The van der Waals surface area contributed by atoms with Crippen LogP contribution in [-0.2, 0) is 4.79 Å². The standard InChI is InChI=1S/C15H20F2N4O/c1-11-8-18-14(19-9-11)21-5-2-12(10-21)13(22)20-6-3-15(16,17)4-7-20/h8-9,12H,2-7,10H2,1H3. The van der Waals surface area contributed by atoms with Gasteiger partial charge in [0.2, 0.25) is 11.9 Å². The summed E-state index contributed by atoms with van der Waals surface area (Å²) >= 11 is 0. The first-order valence-corrected chi connectivity index (χ1v) is 7.65. The van der Waals surface area contributed by atoms with Gasteiger partial charge in [0.25, 0.3) is 5.92 Å². The smallest absolute Gasteiger partial charge is 0.251 e. The zero-order valence-corrected chi connectivity index (χ0v) is 12.6. The molecule has 0 aromatic carbocycles. The van der Waals surface area contributed by atoms with E-state index in [2.05, 4.69) is 9.97 Å². The van der Waals surface area contributed by atoms with Crippen LogP contribution in [0.2, 0.25) is 0 Å². The number of anilines is 1. The summed E-state index contributed by atoms with van der Waals surface area (Å²) < 4.78 is 26.3. The predicted octanol–water partition coefficient (Wildman–Crippen LogP) is 1.87. The van der Waals surface area contributed by atoms with E-state index in [0.717, 1.165) is 18.5 Å². The fraction of sp³-hybridized carbons (Fsp3) is 0.667. The maximum atomic E-state index is 13.2. The van der Waals surface area contributed by atoms with Gasteiger partial charge in [-0.15, -0.1) is 0 Å². The predicted molar refractivity (Wildman–Crippen MR) is 77.9 cm³/mol. The number of carbonyl (C=O) groups excluding carboxylic acids is 1. The quantitative estimate of drug-likeness (QED) is 0.837. The van der Waals surface area contributed by atoms with Crippen LogP contribution in [0, 0.1) is 12.8 Å². The van der Waals surface area contributed by atoms with Gasteiger partial charge in [0.1, 0.15) is 0 Å². The van der Waals surface area contributed by atoms with Crippen molar-refractivity contribution in [1.82, 2.24) is 14.9 Å². The Kier molecular flexibility index (Phi) is 3.97. The molecule has 0 spiro atoms. The third-order valence-electron chi connectivity index (χ3n) is 4.39. The molecule has 1 amide bonds. The van der Waals surface area contributed by atoms with Gasteiger partial charge in [-0.25, -0.2) is 18.7 Å². The molecule has 120 valence electrons. The number of rotatable bonds is 2. The molecular formula is C15H20F2N4O. The fourth-order valence-corrected chi connectivity index (χ4v) is 3.01. The Balaban J connectivity index is 1.58. The van der Waals surface area contributed by atoms with Crippen molar-refractivity contribution >= 4 is 11.9 Å². The molecule has 2 aliphatic rings. The maximum Gasteiger partial charge on any atom is 0.251 e. The van der Waals surface area contributed by atoms with Gasteiger partial charge in [0, 0.05) is 51.4 Å². The molecule has 0 N–H and O–H groups in total. The van der Waals surface area contributed by atoms with E-state index in [1.54, 1.807) is 17.3 Å². The molecule has 1 aromatic heterocycles. The summed E-state index contributed by atoms with van der Waals surface area (Å²) in [6, 6.07) is 0. The minimum absolute atomic E-state index is 0.00916. The summed E-state index contributed by atoms with van der Waals surface area (Å²) in [4.78, 5) is 24.6. The topological polar surface area (TPSA) is 49.3 Å². The molecule has 1 atom stereocenters. The van der Waals surface area contributed by atoms with Gasteiger partial charge in [-0.2, -0.15) is 0 Å². The van der Waals surface area contributed by atoms with Crippen LogP contribution in [0.4, 0.5) is 14.7 Å². The van der Waals surface area contributed by atoms with Gasteiger partial charge in [-0.3, -0.25) is 4.79 Å². The van der Waals surface area contributed by atoms with Crippen molar-refractivity contribution < 1.29 is 13.6 Å². The minimum Gasteiger partial charge on any atom is -0.342 e. The first kappa shape index (κ1) is 15.1. The summed E-state index contributed by atoms with van der Waals surface area (Å²) in [6.45, 7) is 3.53. The lowest BCUT2D eigenvalue weighted by Crippen LogP contribution is -2.45. The molecule has 1 aromatic rings. The van der Waals surface area contributed by atoms with E-state index in [-0.39, 0.29) is 37.8 Å². The second-order valence-electron chi connectivity index (χ2n) is 6.17. The van der Waals surface area contributed by atoms with Gasteiger partial charge in [-0.05, 0) is 18.9 Å². The normalized spacial score (nSPS) is 24.6. The van der Waals surface area contributed by atoms with E-state index in [9.17, 15) is 13.6 Å².